The van der Waals surface area contributed by atoms with Crippen molar-refractivity contribution in [2.75, 3.05) is 13.1 Å². The first-order chi connectivity index (χ1) is 8.91. The number of rotatable bonds is 3. The lowest BCUT2D eigenvalue weighted by Crippen LogP contribution is -2.44. The van der Waals surface area contributed by atoms with Gasteiger partial charge in [0.1, 0.15) is 0 Å². The second-order valence-corrected chi connectivity index (χ2v) is 7.46. The van der Waals surface area contributed by atoms with Crippen LogP contribution in [0.25, 0.3) is 0 Å². The van der Waals surface area contributed by atoms with E-state index in [2.05, 4.69) is 0 Å². The number of benzene rings is 1. The Morgan fingerprint density at radius 1 is 1.47 bits per heavy atom. The SMILES string of the molecule is CC(N)C1CCCN(S(=O)(=O)c2cccc(Cl)c2)C1. The molecule has 0 aromatic heterocycles. The van der Waals surface area contributed by atoms with Crippen LogP contribution in [-0.4, -0.2) is 31.9 Å². The number of halogens is 1. The van der Waals surface area contributed by atoms with E-state index in [4.69, 9.17) is 17.3 Å². The summed E-state index contributed by atoms with van der Waals surface area (Å²) in [5.41, 5.74) is 5.89. The molecule has 1 aromatic rings. The molecule has 2 atom stereocenters. The van der Waals surface area contributed by atoms with Gasteiger partial charge in [-0.15, -0.1) is 0 Å². The fourth-order valence-corrected chi connectivity index (χ4v) is 4.23. The summed E-state index contributed by atoms with van der Waals surface area (Å²) in [5.74, 6) is 0.225. The number of nitrogens with two attached hydrogens (primary N) is 1. The van der Waals surface area contributed by atoms with Crippen molar-refractivity contribution in [3.05, 3.63) is 29.3 Å². The van der Waals surface area contributed by atoms with Crippen LogP contribution in [0.3, 0.4) is 0 Å². The van der Waals surface area contributed by atoms with Crippen molar-refractivity contribution >= 4 is 21.6 Å². The van der Waals surface area contributed by atoms with E-state index >= 15 is 0 Å². The van der Waals surface area contributed by atoms with Gasteiger partial charge in [0.05, 0.1) is 4.90 Å². The van der Waals surface area contributed by atoms with Crippen LogP contribution < -0.4 is 5.73 Å². The fourth-order valence-electron chi connectivity index (χ4n) is 2.40. The largest absolute Gasteiger partial charge is 0.328 e. The average molecular weight is 303 g/mol. The first-order valence-corrected chi connectivity index (χ1v) is 8.24. The summed E-state index contributed by atoms with van der Waals surface area (Å²) in [5, 5.41) is 0.432. The maximum atomic E-state index is 12.5. The summed E-state index contributed by atoms with van der Waals surface area (Å²) in [6.45, 7) is 2.98. The predicted molar refractivity (Wildman–Crippen MR) is 76.6 cm³/mol. The third-order valence-corrected chi connectivity index (χ3v) is 5.69. The van der Waals surface area contributed by atoms with E-state index in [1.54, 1.807) is 18.2 Å². The van der Waals surface area contributed by atoms with Gasteiger partial charge in [0.15, 0.2) is 0 Å². The zero-order valence-electron chi connectivity index (χ0n) is 10.9. The van der Waals surface area contributed by atoms with Gasteiger partial charge in [0, 0.05) is 24.2 Å². The van der Waals surface area contributed by atoms with Crippen molar-refractivity contribution in [1.82, 2.24) is 4.31 Å². The number of piperidine rings is 1. The van der Waals surface area contributed by atoms with Gasteiger partial charge in [-0.25, -0.2) is 8.42 Å². The number of nitrogens with zero attached hydrogens (tertiary/aromatic N) is 1. The summed E-state index contributed by atoms with van der Waals surface area (Å²) in [7, 11) is -3.46. The van der Waals surface area contributed by atoms with Crippen LogP contribution in [0.4, 0.5) is 0 Å². The van der Waals surface area contributed by atoms with E-state index in [-0.39, 0.29) is 16.9 Å². The van der Waals surface area contributed by atoms with Crippen LogP contribution in [0.5, 0.6) is 0 Å². The Morgan fingerprint density at radius 2 is 2.21 bits per heavy atom. The van der Waals surface area contributed by atoms with E-state index in [1.165, 1.54) is 10.4 Å². The van der Waals surface area contributed by atoms with Gasteiger partial charge in [-0.1, -0.05) is 17.7 Å². The molecule has 1 fully saturated rings. The van der Waals surface area contributed by atoms with E-state index in [9.17, 15) is 8.42 Å². The second-order valence-electron chi connectivity index (χ2n) is 5.08. The summed E-state index contributed by atoms with van der Waals surface area (Å²) < 4.78 is 26.6. The molecule has 6 heteroatoms. The lowest BCUT2D eigenvalue weighted by molar-refractivity contribution is 0.243. The molecule has 1 saturated heterocycles. The molecule has 0 amide bonds. The molecule has 1 aliphatic heterocycles. The van der Waals surface area contributed by atoms with Crippen LogP contribution in [-0.2, 0) is 10.0 Å². The van der Waals surface area contributed by atoms with Gasteiger partial charge in [0.25, 0.3) is 0 Å². The summed E-state index contributed by atoms with van der Waals surface area (Å²) in [4.78, 5) is 0.255. The van der Waals surface area contributed by atoms with Crippen molar-refractivity contribution in [3.63, 3.8) is 0 Å². The van der Waals surface area contributed by atoms with E-state index < -0.39 is 10.0 Å². The Bertz CT molecular complexity index is 545. The van der Waals surface area contributed by atoms with Crippen LogP contribution in [0.1, 0.15) is 19.8 Å². The van der Waals surface area contributed by atoms with Gasteiger partial charge >= 0.3 is 0 Å². The Kier molecular flexibility index (Phi) is 4.50. The Balaban J connectivity index is 2.24. The highest BCUT2D eigenvalue weighted by Crippen LogP contribution is 2.26. The molecule has 0 spiro atoms. The molecule has 4 nitrogen and oxygen atoms in total. The Morgan fingerprint density at radius 3 is 2.84 bits per heavy atom. The molecule has 1 aliphatic rings. The van der Waals surface area contributed by atoms with Crippen LogP contribution in [0.2, 0.25) is 5.02 Å². The molecule has 2 rings (SSSR count). The Hall–Kier alpha value is -0.620. The van der Waals surface area contributed by atoms with Gasteiger partial charge in [0.2, 0.25) is 10.0 Å². The quantitative estimate of drug-likeness (QED) is 0.930. The topological polar surface area (TPSA) is 63.4 Å². The minimum Gasteiger partial charge on any atom is -0.328 e. The van der Waals surface area contributed by atoms with Crippen molar-refractivity contribution in [2.24, 2.45) is 11.7 Å². The normalized spacial score (nSPS) is 23.2. The second kappa shape index (κ2) is 5.79. The molecule has 106 valence electrons. The molecule has 0 saturated carbocycles. The lowest BCUT2D eigenvalue weighted by atomic mass is 9.93. The van der Waals surface area contributed by atoms with Gasteiger partial charge in [-0.3, -0.25) is 0 Å². The van der Waals surface area contributed by atoms with Gasteiger partial charge in [-0.2, -0.15) is 4.31 Å². The summed E-state index contributed by atoms with van der Waals surface area (Å²) >= 11 is 5.87. The first kappa shape index (κ1) is 14.8. The molecule has 2 unspecified atom stereocenters. The van der Waals surface area contributed by atoms with Crippen molar-refractivity contribution in [2.45, 2.75) is 30.7 Å². The molecule has 1 aromatic carbocycles. The molecule has 0 radical (unpaired) electrons. The molecule has 2 N–H and O–H groups in total. The minimum absolute atomic E-state index is 0.0114. The van der Waals surface area contributed by atoms with E-state index in [1.807, 2.05) is 6.92 Å². The minimum atomic E-state index is -3.46. The molecule has 19 heavy (non-hydrogen) atoms. The monoisotopic (exact) mass is 302 g/mol. The van der Waals surface area contributed by atoms with E-state index in [0.717, 1.165) is 12.8 Å². The summed E-state index contributed by atoms with van der Waals surface area (Å²) in [6, 6.07) is 6.41. The molecule has 0 aliphatic carbocycles. The van der Waals surface area contributed by atoms with Gasteiger partial charge in [-0.05, 0) is 43.9 Å². The number of hydrogen-bond acceptors (Lipinski definition) is 3. The third-order valence-electron chi connectivity index (χ3n) is 3.60. The molecular formula is C13H19ClN2O2S. The highest BCUT2D eigenvalue weighted by atomic mass is 35.5. The van der Waals surface area contributed by atoms with Crippen molar-refractivity contribution in [3.8, 4) is 0 Å². The fraction of sp³-hybridized carbons (Fsp3) is 0.538. The highest BCUT2D eigenvalue weighted by Gasteiger charge is 2.31. The average Bonchev–Trinajstić information content (AvgIpc) is 2.39. The van der Waals surface area contributed by atoms with Gasteiger partial charge < -0.3 is 5.73 Å². The molecule has 1 heterocycles. The standard InChI is InChI=1S/C13H19ClN2O2S/c1-10(15)11-4-3-7-16(9-11)19(17,18)13-6-2-5-12(14)8-13/h2,5-6,8,10-11H,3-4,7,9,15H2,1H3. The number of sulfonamides is 1. The van der Waals surface area contributed by atoms with E-state index in [0.29, 0.717) is 18.1 Å². The van der Waals surface area contributed by atoms with Crippen LogP contribution in [0.15, 0.2) is 29.2 Å². The van der Waals surface area contributed by atoms with Crippen LogP contribution >= 0.6 is 11.6 Å². The summed E-state index contributed by atoms with van der Waals surface area (Å²) in [6.07, 6.45) is 1.84. The first-order valence-electron chi connectivity index (χ1n) is 6.42. The number of hydrogen-bond donors (Lipinski definition) is 1. The molecular weight excluding hydrogens is 284 g/mol. The zero-order chi connectivity index (χ0) is 14.0. The zero-order valence-corrected chi connectivity index (χ0v) is 12.5. The maximum Gasteiger partial charge on any atom is 0.243 e. The smallest absolute Gasteiger partial charge is 0.243 e. The van der Waals surface area contributed by atoms with Crippen LogP contribution in [0, 0.1) is 5.92 Å². The predicted octanol–water partition coefficient (Wildman–Crippen LogP) is 2.09. The third kappa shape index (κ3) is 3.28. The maximum absolute atomic E-state index is 12.5. The Labute approximate surface area is 119 Å². The lowest BCUT2D eigenvalue weighted by Gasteiger charge is -2.33. The van der Waals surface area contributed by atoms with Crippen molar-refractivity contribution < 1.29 is 8.42 Å². The molecule has 0 bridgehead atoms. The van der Waals surface area contributed by atoms with Crippen molar-refractivity contribution in [1.29, 1.82) is 0 Å². The highest BCUT2D eigenvalue weighted by molar-refractivity contribution is 7.89.